The van der Waals surface area contributed by atoms with Crippen LogP contribution in [0.15, 0.2) is 64.3 Å². The Labute approximate surface area is 173 Å². The van der Waals surface area contributed by atoms with Gasteiger partial charge < -0.3 is 10.7 Å². The van der Waals surface area contributed by atoms with Crippen molar-refractivity contribution in [2.24, 2.45) is 5.73 Å². The van der Waals surface area contributed by atoms with Crippen molar-refractivity contribution in [1.82, 2.24) is 14.8 Å². The number of rotatable bonds is 4. The normalized spacial score (nSPS) is 21.8. The van der Waals surface area contributed by atoms with Gasteiger partial charge in [-0.25, -0.2) is 4.68 Å². The van der Waals surface area contributed by atoms with E-state index in [9.17, 15) is 9.59 Å². The highest BCUT2D eigenvalue weighted by Crippen LogP contribution is 2.42. The summed E-state index contributed by atoms with van der Waals surface area (Å²) in [7, 11) is 0. The Morgan fingerprint density at radius 2 is 1.93 bits per heavy atom. The first kappa shape index (κ1) is 19.6. The van der Waals surface area contributed by atoms with Crippen LogP contribution in [0.2, 0.25) is 5.02 Å². The Bertz CT molecular complexity index is 1130. The molecule has 1 aliphatic rings. The van der Waals surface area contributed by atoms with Gasteiger partial charge in [0, 0.05) is 40.9 Å². The number of benzene rings is 1. The van der Waals surface area contributed by atoms with Crippen LogP contribution in [0.25, 0.3) is 11.3 Å². The van der Waals surface area contributed by atoms with Crippen LogP contribution >= 0.6 is 11.6 Å². The molecular weight excluding hydrogens is 388 g/mol. The molecule has 0 amide bonds. The molecule has 1 fully saturated rings. The van der Waals surface area contributed by atoms with Gasteiger partial charge in [-0.05, 0) is 55.5 Å². The molecule has 6 nitrogen and oxygen atoms in total. The Morgan fingerprint density at radius 1 is 1.14 bits per heavy atom. The van der Waals surface area contributed by atoms with Gasteiger partial charge >= 0.3 is 0 Å². The second-order valence-electron chi connectivity index (χ2n) is 7.67. The molecule has 29 heavy (non-hydrogen) atoms. The molecule has 0 spiro atoms. The van der Waals surface area contributed by atoms with E-state index in [4.69, 9.17) is 17.3 Å². The molecule has 0 radical (unpaired) electrons. The Kier molecular flexibility index (Phi) is 5.39. The van der Waals surface area contributed by atoms with E-state index in [2.05, 4.69) is 16.1 Å². The van der Waals surface area contributed by atoms with Crippen molar-refractivity contribution in [2.45, 2.75) is 37.1 Å². The van der Waals surface area contributed by atoms with Crippen LogP contribution < -0.4 is 16.9 Å². The molecule has 2 aromatic heterocycles. The highest BCUT2D eigenvalue weighted by molar-refractivity contribution is 6.30. The molecular formula is C22H23ClN4O2. The average Bonchev–Trinajstić information content (AvgIpc) is 2.74. The van der Waals surface area contributed by atoms with Crippen molar-refractivity contribution in [3.8, 4) is 11.3 Å². The maximum Gasteiger partial charge on any atom is 0.267 e. The first-order valence-electron chi connectivity index (χ1n) is 9.76. The highest BCUT2D eigenvalue weighted by atomic mass is 35.5. The largest absolute Gasteiger partial charge is 0.330 e. The van der Waals surface area contributed by atoms with E-state index in [1.165, 1.54) is 12.1 Å². The summed E-state index contributed by atoms with van der Waals surface area (Å²) >= 11 is 6.19. The molecule has 0 unspecified atom stereocenters. The molecule has 0 saturated heterocycles. The minimum Gasteiger partial charge on any atom is -0.330 e. The van der Waals surface area contributed by atoms with Crippen LogP contribution in [-0.2, 0) is 5.41 Å². The SMILES string of the molecule is NCC1(c2cccc(Cl)c2)CCC(n2nc(-c3cc[nH]c(=O)c3)ccc2=O)CC1. The predicted molar refractivity (Wildman–Crippen MR) is 114 cm³/mol. The van der Waals surface area contributed by atoms with Gasteiger partial charge in [0.05, 0.1) is 11.7 Å². The third-order valence-corrected chi connectivity index (χ3v) is 6.22. The summed E-state index contributed by atoms with van der Waals surface area (Å²) in [5.74, 6) is 0. The van der Waals surface area contributed by atoms with Gasteiger partial charge in [-0.1, -0.05) is 23.7 Å². The monoisotopic (exact) mass is 410 g/mol. The minimum atomic E-state index is -0.200. The third-order valence-electron chi connectivity index (χ3n) is 5.98. The van der Waals surface area contributed by atoms with Crippen molar-refractivity contribution < 1.29 is 0 Å². The van der Waals surface area contributed by atoms with Crippen molar-refractivity contribution in [1.29, 1.82) is 0 Å². The van der Waals surface area contributed by atoms with E-state index in [-0.39, 0.29) is 22.6 Å². The van der Waals surface area contributed by atoms with Crippen molar-refractivity contribution in [2.75, 3.05) is 6.54 Å². The number of aromatic amines is 1. The zero-order chi connectivity index (χ0) is 20.4. The van der Waals surface area contributed by atoms with E-state index < -0.39 is 0 Å². The summed E-state index contributed by atoms with van der Waals surface area (Å²) in [5, 5.41) is 5.28. The predicted octanol–water partition coefficient (Wildman–Crippen LogP) is 3.26. The van der Waals surface area contributed by atoms with Gasteiger partial charge in [0.1, 0.15) is 0 Å². The minimum absolute atomic E-state index is 0.00306. The first-order chi connectivity index (χ1) is 14.0. The van der Waals surface area contributed by atoms with Crippen LogP contribution in [0, 0.1) is 0 Å². The van der Waals surface area contributed by atoms with Crippen molar-refractivity contribution in [3.05, 3.63) is 86.0 Å². The maximum absolute atomic E-state index is 12.5. The molecule has 150 valence electrons. The standard InChI is InChI=1S/C22H23ClN4O2/c23-17-3-1-2-16(13-17)22(14-24)9-6-18(7-10-22)27-21(29)5-4-19(26-27)15-8-11-25-20(28)12-15/h1-5,8,11-13,18H,6-7,9-10,14,24H2,(H,25,28). The van der Waals surface area contributed by atoms with Gasteiger partial charge in [-0.3, -0.25) is 9.59 Å². The molecule has 1 aliphatic carbocycles. The summed E-state index contributed by atoms with van der Waals surface area (Å²) in [6.07, 6.45) is 4.90. The van der Waals surface area contributed by atoms with Crippen molar-refractivity contribution >= 4 is 11.6 Å². The molecule has 3 N–H and O–H groups in total. The topological polar surface area (TPSA) is 93.8 Å². The smallest absolute Gasteiger partial charge is 0.267 e. The van der Waals surface area contributed by atoms with E-state index in [1.807, 2.05) is 18.2 Å². The molecule has 0 aliphatic heterocycles. The number of aromatic nitrogens is 3. The highest BCUT2D eigenvalue weighted by Gasteiger charge is 2.37. The fraction of sp³-hybridized carbons (Fsp3) is 0.318. The number of nitrogens with one attached hydrogen (secondary N) is 1. The number of nitrogens with two attached hydrogens (primary N) is 1. The Hall–Kier alpha value is -2.70. The van der Waals surface area contributed by atoms with Gasteiger partial charge in [-0.2, -0.15) is 5.10 Å². The average molecular weight is 411 g/mol. The molecule has 2 heterocycles. The molecule has 3 aromatic rings. The van der Waals surface area contributed by atoms with Gasteiger partial charge in [0.25, 0.3) is 5.56 Å². The number of pyridine rings is 1. The lowest BCUT2D eigenvalue weighted by Gasteiger charge is -2.40. The number of hydrogen-bond acceptors (Lipinski definition) is 4. The fourth-order valence-electron chi connectivity index (χ4n) is 4.27. The Balaban J connectivity index is 1.61. The Morgan fingerprint density at radius 3 is 2.62 bits per heavy atom. The summed E-state index contributed by atoms with van der Waals surface area (Å²) < 4.78 is 1.56. The van der Waals surface area contributed by atoms with E-state index in [1.54, 1.807) is 23.0 Å². The summed E-state index contributed by atoms with van der Waals surface area (Å²) in [4.78, 5) is 26.7. The zero-order valence-electron chi connectivity index (χ0n) is 16.0. The molecule has 0 bridgehead atoms. The third kappa shape index (κ3) is 3.91. The lowest BCUT2D eigenvalue weighted by Crippen LogP contribution is -2.41. The van der Waals surface area contributed by atoms with E-state index in [0.717, 1.165) is 31.2 Å². The number of halogens is 1. The zero-order valence-corrected chi connectivity index (χ0v) is 16.7. The number of hydrogen-bond donors (Lipinski definition) is 2. The number of H-pyrrole nitrogens is 1. The van der Waals surface area contributed by atoms with Crippen LogP contribution in [0.1, 0.15) is 37.3 Å². The quantitative estimate of drug-likeness (QED) is 0.690. The van der Waals surface area contributed by atoms with Gasteiger partial charge in [0.15, 0.2) is 0 Å². The van der Waals surface area contributed by atoms with Crippen LogP contribution in [0.5, 0.6) is 0 Å². The fourth-order valence-corrected chi connectivity index (χ4v) is 4.46. The first-order valence-corrected chi connectivity index (χ1v) is 10.1. The second kappa shape index (κ2) is 7.97. The van der Waals surface area contributed by atoms with Crippen LogP contribution in [0.4, 0.5) is 0 Å². The van der Waals surface area contributed by atoms with Crippen LogP contribution in [0.3, 0.4) is 0 Å². The van der Waals surface area contributed by atoms with Crippen LogP contribution in [-0.4, -0.2) is 21.3 Å². The van der Waals surface area contributed by atoms with Gasteiger partial charge in [0.2, 0.25) is 5.56 Å². The maximum atomic E-state index is 12.5. The lowest BCUT2D eigenvalue weighted by atomic mass is 9.68. The van der Waals surface area contributed by atoms with Gasteiger partial charge in [-0.15, -0.1) is 0 Å². The lowest BCUT2D eigenvalue weighted by molar-refractivity contribution is 0.222. The molecule has 4 rings (SSSR count). The van der Waals surface area contributed by atoms with E-state index in [0.29, 0.717) is 22.8 Å². The molecule has 7 heteroatoms. The number of nitrogens with zero attached hydrogens (tertiary/aromatic N) is 2. The molecule has 1 saturated carbocycles. The summed E-state index contributed by atoms with van der Waals surface area (Å²) in [6, 6.07) is 14.3. The summed E-state index contributed by atoms with van der Waals surface area (Å²) in [6.45, 7) is 0.537. The second-order valence-corrected chi connectivity index (χ2v) is 8.11. The molecule has 1 aromatic carbocycles. The summed E-state index contributed by atoms with van der Waals surface area (Å²) in [5.41, 5.74) is 8.18. The molecule has 0 atom stereocenters. The van der Waals surface area contributed by atoms with E-state index >= 15 is 0 Å². The van der Waals surface area contributed by atoms with Crippen molar-refractivity contribution in [3.63, 3.8) is 0 Å².